The van der Waals surface area contributed by atoms with E-state index in [1.54, 1.807) is 6.07 Å². The Morgan fingerprint density at radius 3 is 2.22 bits per heavy atom. The van der Waals surface area contributed by atoms with Crippen molar-refractivity contribution in [2.45, 2.75) is 24.0 Å². The number of aromatic nitrogens is 1. The molecule has 27 heavy (non-hydrogen) atoms. The molecule has 0 amide bonds. The van der Waals surface area contributed by atoms with Crippen LogP contribution in [-0.4, -0.2) is 87.3 Å². The van der Waals surface area contributed by atoms with E-state index in [-0.39, 0.29) is 18.0 Å². The van der Waals surface area contributed by atoms with Crippen LogP contribution in [0.3, 0.4) is 0 Å². The zero-order valence-electron chi connectivity index (χ0n) is 15.0. The molecule has 2 fully saturated rings. The quantitative estimate of drug-likeness (QED) is 0.746. The molecular formula is C16H23F3N4O3S. The third-order valence-corrected chi connectivity index (χ3v) is 6.87. The van der Waals surface area contributed by atoms with Gasteiger partial charge in [-0.25, -0.2) is 13.4 Å². The van der Waals surface area contributed by atoms with Gasteiger partial charge >= 0.3 is 6.18 Å². The van der Waals surface area contributed by atoms with E-state index in [0.29, 0.717) is 45.2 Å². The van der Waals surface area contributed by atoms with E-state index in [1.165, 1.54) is 28.4 Å². The van der Waals surface area contributed by atoms with Gasteiger partial charge in [0.1, 0.15) is 16.8 Å². The second kappa shape index (κ2) is 7.90. The molecule has 1 aromatic rings. The zero-order chi connectivity index (χ0) is 19.7. The van der Waals surface area contributed by atoms with Crippen molar-refractivity contribution in [2.75, 3.05) is 57.4 Å². The summed E-state index contributed by atoms with van der Waals surface area (Å²) in [5, 5.41) is 0. The Morgan fingerprint density at radius 1 is 1.07 bits per heavy atom. The first-order chi connectivity index (χ1) is 12.7. The van der Waals surface area contributed by atoms with Gasteiger partial charge in [0.2, 0.25) is 10.0 Å². The largest absolute Gasteiger partial charge is 0.403 e. The number of hydrogen-bond acceptors (Lipinski definition) is 6. The van der Waals surface area contributed by atoms with Gasteiger partial charge in [-0.3, -0.25) is 4.90 Å². The van der Waals surface area contributed by atoms with Crippen LogP contribution in [0.15, 0.2) is 23.2 Å². The minimum Gasteiger partial charge on any atom is -0.379 e. The second-order valence-electron chi connectivity index (χ2n) is 6.61. The van der Waals surface area contributed by atoms with Crippen molar-refractivity contribution in [3.63, 3.8) is 0 Å². The molecule has 1 aromatic heterocycles. The number of sulfonamides is 1. The van der Waals surface area contributed by atoms with E-state index in [9.17, 15) is 21.6 Å². The lowest BCUT2D eigenvalue weighted by molar-refractivity contribution is -0.179. The van der Waals surface area contributed by atoms with E-state index < -0.39 is 22.2 Å². The van der Waals surface area contributed by atoms with Crippen LogP contribution in [0.1, 0.15) is 6.92 Å². The first-order valence-electron chi connectivity index (χ1n) is 8.79. The van der Waals surface area contributed by atoms with Gasteiger partial charge in [0, 0.05) is 45.5 Å². The molecular weight excluding hydrogens is 385 g/mol. The molecule has 0 radical (unpaired) electrons. The first-order valence-corrected chi connectivity index (χ1v) is 10.2. The molecule has 7 nitrogen and oxygen atoms in total. The predicted molar refractivity (Wildman–Crippen MR) is 93.1 cm³/mol. The maximum atomic E-state index is 12.8. The Hall–Kier alpha value is -1.43. The van der Waals surface area contributed by atoms with E-state index in [2.05, 4.69) is 4.98 Å². The molecule has 3 heterocycles. The van der Waals surface area contributed by atoms with Gasteiger partial charge in [-0.05, 0) is 19.1 Å². The molecule has 3 rings (SSSR count). The van der Waals surface area contributed by atoms with Crippen molar-refractivity contribution in [1.29, 1.82) is 0 Å². The van der Waals surface area contributed by atoms with Crippen molar-refractivity contribution in [3.05, 3.63) is 18.3 Å². The van der Waals surface area contributed by atoms with Gasteiger partial charge < -0.3 is 9.64 Å². The number of piperazine rings is 1. The van der Waals surface area contributed by atoms with E-state index >= 15 is 0 Å². The summed E-state index contributed by atoms with van der Waals surface area (Å²) in [5.74, 6) is 0.565. The molecule has 2 saturated heterocycles. The number of nitrogens with zero attached hydrogens (tertiary/aromatic N) is 4. The Morgan fingerprint density at radius 2 is 1.70 bits per heavy atom. The summed E-state index contributed by atoms with van der Waals surface area (Å²) in [4.78, 5) is 7.60. The zero-order valence-corrected chi connectivity index (χ0v) is 15.8. The number of halogens is 3. The number of ether oxygens (including phenoxy) is 1. The average molecular weight is 408 g/mol. The molecule has 0 N–H and O–H groups in total. The van der Waals surface area contributed by atoms with Gasteiger partial charge in [0.05, 0.1) is 13.2 Å². The molecule has 0 saturated carbocycles. The summed E-state index contributed by atoms with van der Waals surface area (Å²) in [6.45, 7) is 3.88. The number of hydrogen-bond donors (Lipinski definition) is 0. The van der Waals surface area contributed by atoms with Crippen molar-refractivity contribution < 1.29 is 26.3 Å². The monoisotopic (exact) mass is 408 g/mol. The predicted octanol–water partition coefficient (Wildman–Crippen LogP) is 1.18. The van der Waals surface area contributed by atoms with Crippen LogP contribution in [0.4, 0.5) is 19.0 Å². The first kappa shape index (κ1) is 20.3. The molecule has 0 aliphatic carbocycles. The average Bonchev–Trinajstić information content (AvgIpc) is 2.67. The molecule has 0 aromatic carbocycles. The SMILES string of the molecule is CC(N1CCN(c2ccc(S(=O)(=O)N3CCOCC3)cn2)CC1)C(F)(F)F. The van der Waals surface area contributed by atoms with Gasteiger partial charge in [0.15, 0.2) is 0 Å². The summed E-state index contributed by atoms with van der Waals surface area (Å²) < 4.78 is 70.2. The Bertz CT molecular complexity index is 728. The van der Waals surface area contributed by atoms with E-state index in [1.807, 2.05) is 4.90 Å². The van der Waals surface area contributed by atoms with Crippen LogP contribution in [0, 0.1) is 0 Å². The van der Waals surface area contributed by atoms with Gasteiger partial charge in [-0.1, -0.05) is 0 Å². The lowest BCUT2D eigenvalue weighted by Crippen LogP contribution is -2.53. The molecule has 1 unspecified atom stereocenters. The van der Waals surface area contributed by atoms with Crippen molar-refractivity contribution in [1.82, 2.24) is 14.2 Å². The smallest absolute Gasteiger partial charge is 0.379 e. The summed E-state index contributed by atoms with van der Waals surface area (Å²) >= 11 is 0. The van der Waals surface area contributed by atoms with Crippen LogP contribution in [-0.2, 0) is 14.8 Å². The van der Waals surface area contributed by atoms with Crippen LogP contribution in [0.25, 0.3) is 0 Å². The minimum absolute atomic E-state index is 0.109. The second-order valence-corrected chi connectivity index (χ2v) is 8.55. The van der Waals surface area contributed by atoms with E-state index in [0.717, 1.165) is 0 Å². The lowest BCUT2D eigenvalue weighted by atomic mass is 10.2. The standard InChI is InChI=1S/C16H23F3N4O3S/c1-13(16(17,18)19)21-4-6-22(7-5-21)15-3-2-14(12-20-15)27(24,25)23-8-10-26-11-9-23/h2-3,12-13H,4-11H2,1H3. The summed E-state index contributed by atoms with van der Waals surface area (Å²) in [5.41, 5.74) is 0. The highest BCUT2D eigenvalue weighted by molar-refractivity contribution is 7.89. The summed E-state index contributed by atoms with van der Waals surface area (Å²) in [6.07, 6.45) is -2.93. The number of rotatable bonds is 4. The van der Waals surface area contributed by atoms with E-state index in [4.69, 9.17) is 4.74 Å². The Kier molecular flexibility index (Phi) is 5.94. The summed E-state index contributed by atoms with van der Waals surface area (Å²) in [7, 11) is -3.61. The fourth-order valence-corrected chi connectivity index (χ4v) is 4.55. The molecule has 152 valence electrons. The van der Waals surface area contributed by atoms with Crippen LogP contribution < -0.4 is 4.90 Å². The molecule has 2 aliphatic heterocycles. The molecule has 0 bridgehead atoms. The number of anilines is 1. The fraction of sp³-hybridized carbons (Fsp3) is 0.688. The molecule has 0 spiro atoms. The number of alkyl halides is 3. The highest BCUT2D eigenvalue weighted by atomic mass is 32.2. The van der Waals surface area contributed by atoms with Crippen molar-refractivity contribution in [2.24, 2.45) is 0 Å². The minimum atomic E-state index is -4.24. The van der Waals surface area contributed by atoms with Crippen LogP contribution in [0.5, 0.6) is 0 Å². The normalized spacial score (nSPS) is 22.0. The number of pyridine rings is 1. The fourth-order valence-electron chi connectivity index (χ4n) is 3.19. The highest BCUT2D eigenvalue weighted by Crippen LogP contribution is 2.26. The topological polar surface area (TPSA) is 66.0 Å². The maximum Gasteiger partial charge on any atom is 0.403 e. The third kappa shape index (κ3) is 4.53. The van der Waals surface area contributed by atoms with Crippen LogP contribution in [0.2, 0.25) is 0 Å². The van der Waals surface area contributed by atoms with Crippen molar-refractivity contribution >= 4 is 15.8 Å². The number of morpholine rings is 1. The summed E-state index contributed by atoms with van der Waals surface area (Å²) in [6, 6.07) is 1.63. The Labute approximate surface area is 156 Å². The maximum absolute atomic E-state index is 12.8. The van der Waals surface area contributed by atoms with Crippen molar-refractivity contribution in [3.8, 4) is 0 Å². The van der Waals surface area contributed by atoms with Crippen LogP contribution >= 0.6 is 0 Å². The third-order valence-electron chi connectivity index (χ3n) is 4.99. The highest BCUT2D eigenvalue weighted by Gasteiger charge is 2.41. The van der Waals surface area contributed by atoms with Gasteiger partial charge in [-0.15, -0.1) is 0 Å². The van der Waals surface area contributed by atoms with Gasteiger partial charge in [-0.2, -0.15) is 17.5 Å². The molecule has 1 atom stereocenters. The molecule has 11 heteroatoms. The Balaban J connectivity index is 1.63. The molecule has 2 aliphatic rings. The van der Waals surface area contributed by atoms with Gasteiger partial charge in [0.25, 0.3) is 0 Å². The lowest BCUT2D eigenvalue weighted by Gasteiger charge is -2.39.